The van der Waals surface area contributed by atoms with Crippen molar-refractivity contribution in [1.29, 1.82) is 0 Å². The fourth-order valence-electron chi connectivity index (χ4n) is 2.41. The summed E-state index contributed by atoms with van der Waals surface area (Å²) < 4.78 is 2.06. The first-order valence-corrected chi connectivity index (χ1v) is 7.47. The van der Waals surface area contributed by atoms with E-state index in [1.165, 1.54) is 0 Å². The molecule has 5 heteroatoms. The number of aryl methyl sites for hydroxylation is 1. The number of fused-ring (bicyclic) bond motifs is 1. The van der Waals surface area contributed by atoms with Crippen molar-refractivity contribution in [2.75, 3.05) is 6.54 Å². The summed E-state index contributed by atoms with van der Waals surface area (Å²) >= 11 is 5.81. The second kappa shape index (κ2) is 6.20. The highest BCUT2D eigenvalue weighted by atomic mass is 35.5. The van der Waals surface area contributed by atoms with Crippen molar-refractivity contribution >= 4 is 28.5 Å². The highest BCUT2D eigenvalue weighted by molar-refractivity contribution is 6.30. The van der Waals surface area contributed by atoms with Gasteiger partial charge in [-0.25, -0.2) is 4.98 Å². The van der Waals surface area contributed by atoms with Gasteiger partial charge < -0.3 is 9.88 Å². The number of imidazole rings is 1. The lowest BCUT2D eigenvalue weighted by atomic mass is 10.2. The number of benzene rings is 2. The first kappa shape index (κ1) is 14.6. The van der Waals surface area contributed by atoms with Crippen molar-refractivity contribution in [3.63, 3.8) is 0 Å². The number of aromatic nitrogens is 2. The van der Waals surface area contributed by atoms with Crippen molar-refractivity contribution in [3.8, 4) is 0 Å². The Morgan fingerprint density at radius 1 is 1.18 bits per heavy atom. The summed E-state index contributed by atoms with van der Waals surface area (Å²) in [5, 5.41) is 3.52. The molecule has 0 atom stereocenters. The molecule has 0 radical (unpaired) electrons. The van der Waals surface area contributed by atoms with Crippen LogP contribution < -0.4 is 5.32 Å². The summed E-state index contributed by atoms with van der Waals surface area (Å²) in [4.78, 5) is 16.6. The van der Waals surface area contributed by atoms with E-state index in [9.17, 15) is 4.79 Å². The lowest BCUT2D eigenvalue weighted by Crippen LogP contribution is -2.26. The van der Waals surface area contributed by atoms with Gasteiger partial charge in [-0.3, -0.25) is 4.79 Å². The van der Waals surface area contributed by atoms with Crippen LogP contribution in [0.1, 0.15) is 16.2 Å². The number of nitrogens with one attached hydrogen (secondary N) is 1. The second-order valence-electron chi connectivity index (χ2n) is 5.09. The number of nitrogens with zero attached hydrogens (tertiary/aromatic N) is 2. The second-order valence-corrected chi connectivity index (χ2v) is 5.52. The van der Waals surface area contributed by atoms with Crippen LogP contribution in [0.4, 0.5) is 0 Å². The molecule has 0 bridgehead atoms. The van der Waals surface area contributed by atoms with Crippen LogP contribution in [0.2, 0.25) is 5.02 Å². The minimum atomic E-state index is -0.101. The molecule has 0 aliphatic carbocycles. The van der Waals surface area contributed by atoms with Gasteiger partial charge in [-0.05, 0) is 36.4 Å². The quantitative estimate of drug-likeness (QED) is 0.804. The zero-order chi connectivity index (χ0) is 15.5. The molecule has 1 heterocycles. The Morgan fingerprint density at radius 3 is 2.64 bits per heavy atom. The molecule has 112 valence electrons. The normalized spacial score (nSPS) is 10.8. The number of halogens is 1. The molecule has 0 spiro atoms. The van der Waals surface area contributed by atoms with Crippen molar-refractivity contribution in [3.05, 3.63) is 64.9 Å². The fourth-order valence-corrected chi connectivity index (χ4v) is 2.54. The molecule has 3 aromatic rings. The predicted octanol–water partition coefficient (Wildman–Crippen LogP) is 3.20. The lowest BCUT2D eigenvalue weighted by Gasteiger charge is -2.06. The van der Waals surface area contributed by atoms with E-state index in [1.807, 2.05) is 31.3 Å². The Balaban J connectivity index is 1.63. The summed E-state index contributed by atoms with van der Waals surface area (Å²) in [5.41, 5.74) is 2.68. The third-order valence-electron chi connectivity index (χ3n) is 3.62. The summed E-state index contributed by atoms with van der Waals surface area (Å²) in [6.07, 6.45) is 0.685. The topological polar surface area (TPSA) is 46.9 Å². The molecule has 2 aromatic carbocycles. The zero-order valence-corrected chi connectivity index (χ0v) is 13.0. The highest BCUT2D eigenvalue weighted by Gasteiger charge is 2.08. The van der Waals surface area contributed by atoms with Gasteiger partial charge in [-0.1, -0.05) is 23.7 Å². The largest absolute Gasteiger partial charge is 0.352 e. The maximum atomic E-state index is 12.0. The van der Waals surface area contributed by atoms with Crippen LogP contribution in [-0.4, -0.2) is 22.0 Å². The first-order chi connectivity index (χ1) is 10.6. The van der Waals surface area contributed by atoms with Crippen LogP contribution in [0.3, 0.4) is 0 Å². The number of para-hydroxylation sites is 2. The van der Waals surface area contributed by atoms with Crippen LogP contribution in [0.25, 0.3) is 11.0 Å². The van der Waals surface area contributed by atoms with Crippen molar-refractivity contribution in [2.45, 2.75) is 6.42 Å². The molecule has 0 aliphatic heterocycles. The molecule has 1 aromatic heterocycles. The maximum Gasteiger partial charge on any atom is 0.251 e. The third kappa shape index (κ3) is 2.97. The number of carbonyl (C=O) groups is 1. The minimum Gasteiger partial charge on any atom is -0.352 e. The highest BCUT2D eigenvalue weighted by Crippen LogP contribution is 2.14. The molecular weight excluding hydrogens is 298 g/mol. The van der Waals surface area contributed by atoms with Gasteiger partial charge in [0.25, 0.3) is 5.91 Å². The Labute approximate surface area is 133 Å². The van der Waals surface area contributed by atoms with E-state index < -0.39 is 0 Å². The zero-order valence-electron chi connectivity index (χ0n) is 12.2. The van der Waals surface area contributed by atoms with E-state index >= 15 is 0 Å². The standard InChI is InChI=1S/C17H16ClN3O/c1-21-15-5-3-2-4-14(15)20-16(21)10-11-19-17(22)12-6-8-13(18)9-7-12/h2-9H,10-11H2,1H3,(H,19,22). The molecule has 0 unspecified atom stereocenters. The van der Waals surface area contributed by atoms with Gasteiger partial charge in [0.2, 0.25) is 0 Å². The Morgan fingerprint density at radius 2 is 1.91 bits per heavy atom. The molecule has 0 fully saturated rings. The van der Waals surface area contributed by atoms with Crippen LogP contribution in [-0.2, 0) is 13.5 Å². The number of rotatable bonds is 4. The summed E-state index contributed by atoms with van der Waals surface area (Å²) in [6.45, 7) is 0.540. The van der Waals surface area contributed by atoms with Crippen LogP contribution in [0, 0.1) is 0 Å². The average Bonchev–Trinajstić information content (AvgIpc) is 2.85. The van der Waals surface area contributed by atoms with Gasteiger partial charge in [0.1, 0.15) is 5.82 Å². The average molecular weight is 314 g/mol. The smallest absolute Gasteiger partial charge is 0.251 e. The van der Waals surface area contributed by atoms with Crippen LogP contribution >= 0.6 is 11.6 Å². The Bertz CT molecular complexity index is 808. The van der Waals surface area contributed by atoms with E-state index in [-0.39, 0.29) is 5.91 Å². The van der Waals surface area contributed by atoms with Crippen LogP contribution in [0.5, 0.6) is 0 Å². The van der Waals surface area contributed by atoms with Crippen molar-refractivity contribution in [2.24, 2.45) is 7.05 Å². The maximum absolute atomic E-state index is 12.0. The molecule has 1 amide bonds. The first-order valence-electron chi connectivity index (χ1n) is 7.09. The third-order valence-corrected chi connectivity index (χ3v) is 3.87. The molecule has 0 saturated carbocycles. The Kier molecular flexibility index (Phi) is 4.11. The van der Waals surface area contributed by atoms with Crippen LogP contribution in [0.15, 0.2) is 48.5 Å². The van der Waals surface area contributed by atoms with Gasteiger partial charge in [0, 0.05) is 30.6 Å². The van der Waals surface area contributed by atoms with E-state index in [2.05, 4.69) is 14.9 Å². The molecule has 3 rings (SSSR count). The molecule has 22 heavy (non-hydrogen) atoms. The monoisotopic (exact) mass is 313 g/mol. The van der Waals surface area contributed by atoms with E-state index in [1.54, 1.807) is 24.3 Å². The number of hydrogen-bond donors (Lipinski definition) is 1. The number of amides is 1. The van der Waals surface area contributed by atoms with Gasteiger partial charge >= 0.3 is 0 Å². The van der Waals surface area contributed by atoms with Gasteiger partial charge in [-0.2, -0.15) is 0 Å². The fraction of sp³-hybridized carbons (Fsp3) is 0.176. The van der Waals surface area contributed by atoms with Gasteiger partial charge in [0.15, 0.2) is 0 Å². The van der Waals surface area contributed by atoms with Gasteiger partial charge in [0.05, 0.1) is 11.0 Å². The SMILES string of the molecule is Cn1c(CCNC(=O)c2ccc(Cl)cc2)nc2ccccc21. The van der Waals surface area contributed by atoms with E-state index in [0.29, 0.717) is 23.6 Å². The number of hydrogen-bond acceptors (Lipinski definition) is 2. The van der Waals surface area contributed by atoms with Crippen molar-refractivity contribution in [1.82, 2.24) is 14.9 Å². The van der Waals surface area contributed by atoms with E-state index in [4.69, 9.17) is 11.6 Å². The van der Waals surface area contributed by atoms with Gasteiger partial charge in [-0.15, -0.1) is 0 Å². The number of carbonyl (C=O) groups excluding carboxylic acids is 1. The van der Waals surface area contributed by atoms with E-state index in [0.717, 1.165) is 16.9 Å². The predicted molar refractivity (Wildman–Crippen MR) is 88.2 cm³/mol. The molecular formula is C17H16ClN3O. The van der Waals surface area contributed by atoms with Crippen molar-refractivity contribution < 1.29 is 4.79 Å². The molecule has 0 saturated heterocycles. The lowest BCUT2D eigenvalue weighted by molar-refractivity contribution is 0.0954. The summed E-state index contributed by atoms with van der Waals surface area (Å²) in [6, 6.07) is 14.9. The molecule has 1 N–H and O–H groups in total. The Hall–Kier alpha value is -2.33. The summed E-state index contributed by atoms with van der Waals surface area (Å²) in [5.74, 6) is 0.855. The minimum absolute atomic E-state index is 0.101. The summed E-state index contributed by atoms with van der Waals surface area (Å²) in [7, 11) is 1.99. The molecule has 4 nitrogen and oxygen atoms in total. The molecule has 0 aliphatic rings.